The molecule has 1 unspecified atom stereocenters. The maximum atomic E-state index is 11.9. The molecule has 0 bridgehead atoms. The molecule has 1 saturated heterocycles. The summed E-state index contributed by atoms with van der Waals surface area (Å²) in [4.78, 5) is 16.3. The summed E-state index contributed by atoms with van der Waals surface area (Å²) in [6.45, 7) is 2.54. The van der Waals surface area contributed by atoms with Crippen LogP contribution in [0.3, 0.4) is 0 Å². The van der Waals surface area contributed by atoms with E-state index in [1.54, 1.807) is 6.26 Å². The van der Waals surface area contributed by atoms with Crippen molar-refractivity contribution >= 4 is 29.7 Å². The smallest absolute Gasteiger partial charge is 0.221 e. The van der Waals surface area contributed by atoms with Gasteiger partial charge in [0, 0.05) is 24.4 Å². The number of carbonyl (C=O) groups excluding carboxylic acids is 1. The van der Waals surface area contributed by atoms with Crippen LogP contribution in [-0.4, -0.2) is 36.7 Å². The van der Waals surface area contributed by atoms with Crippen LogP contribution in [-0.2, 0) is 16.1 Å². The van der Waals surface area contributed by atoms with E-state index in [9.17, 15) is 4.79 Å². The van der Waals surface area contributed by atoms with Crippen LogP contribution in [0, 0.1) is 0 Å². The van der Waals surface area contributed by atoms with Gasteiger partial charge in [-0.2, -0.15) is 0 Å². The molecule has 2 N–H and O–H groups in total. The molecular formula is C14H18ClN3O3S. The second-order valence-corrected chi connectivity index (χ2v) is 5.69. The number of thiazole rings is 1. The van der Waals surface area contributed by atoms with Gasteiger partial charge in [-0.25, -0.2) is 4.98 Å². The second-order valence-electron chi connectivity index (χ2n) is 4.83. The zero-order valence-corrected chi connectivity index (χ0v) is 13.5. The van der Waals surface area contributed by atoms with Crippen LogP contribution in [0.25, 0.3) is 10.8 Å². The highest BCUT2D eigenvalue weighted by atomic mass is 35.5. The Morgan fingerprint density at radius 2 is 2.45 bits per heavy atom. The van der Waals surface area contributed by atoms with Crippen LogP contribution in [0.5, 0.6) is 0 Å². The van der Waals surface area contributed by atoms with E-state index in [0.717, 1.165) is 23.0 Å². The molecule has 120 valence electrons. The van der Waals surface area contributed by atoms with E-state index in [-0.39, 0.29) is 24.4 Å². The van der Waals surface area contributed by atoms with Gasteiger partial charge in [-0.15, -0.1) is 23.7 Å². The van der Waals surface area contributed by atoms with E-state index in [0.29, 0.717) is 26.2 Å². The van der Waals surface area contributed by atoms with Crippen molar-refractivity contribution in [2.45, 2.75) is 19.0 Å². The summed E-state index contributed by atoms with van der Waals surface area (Å²) in [6.07, 6.45) is 2.05. The Balaban J connectivity index is 0.00000176. The van der Waals surface area contributed by atoms with E-state index < -0.39 is 0 Å². The van der Waals surface area contributed by atoms with Gasteiger partial charge in [0.05, 0.1) is 31.7 Å². The average molecular weight is 344 g/mol. The number of hydrogen-bond acceptors (Lipinski definition) is 6. The van der Waals surface area contributed by atoms with Crippen molar-refractivity contribution in [3.05, 3.63) is 29.5 Å². The average Bonchev–Trinajstić information content (AvgIpc) is 3.17. The molecule has 0 spiro atoms. The van der Waals surface area contributed by atoms with Gasteiger partial charge >= 0.3 is 0 Å². The number of furan rings is 1. The number of morpholine rings is 1. The normalized spacial score (nSPS) is 17.7. The van der Waals surface area contributed by atoms with Gasteiger partial charge in [0.15, 0.2) is 10.8 Å². The van der Waals surface area contributed by atoms with Gasteiger partial charge in [0.25, 0.3) is 0 Å². The summed E-state index contributed by atoms with van der Waals surface area (Å²) >= 11 is 1.51. The highest BCUT2D eigenvalue weighted by Crippen LogP contribution is 2.23. The van der Waals surface area contributed by atoms with Crippen LogP contribution >= 0.6 is 23.7 Å². The summed E-state index contributed by atoms with van der Waals surface area (Å²) in [5, 5.41) is 8.90. The Morgan fingerprint density at radius 3 is 3.18 bits per heavy atom. The first kappa shape index (κ1) is 17.0. The van der Waals surface area contributed by atoms with Gasteiger partial charge < -0.3 is 19.8 Å². The lowest BCUT2D eigenvalue weighted by Gasteiger charge is -2.23. The molecule has 6 nitrogen and oxygen atoms in total. The molecule has 0 radical (unpaired) electrons. The van der Waals surface area contributed by atoms with Crippen LogP contribution in [0.1, 0.15) is 12.1 Å². The third kappa shape index (κ3) is 4.54. The van der Waals surface area contributed by atoms with Crippen LogP contribution in [0.15, 0.2) is 28.2 Å². The molecule has 3 heterocycles. The fourth-order valence-electron chi connectivity index (χ4n) is 2.14. The lowest BCUT2D eigenvalue weighted by atomic mass is 10.2. The Kier molecular flexibility index (Phi) is 6.38. The topological polar surface area (TPSA) is 76.4 Å². The molecule has 0 saturated carbocycles. The van der Waals surface area contributed by atoms with Gasteiger partial charge in [-0.3, -0.25) is 4.79 Å². The summed E-state index contributed by atoms with van der Waals surface area (Å²) in [5.74, 6) is 0.756. The van der Waals surface area contributed by atoms with Crippen LogP contribution in [0.4, 0.5) is 0 Å². The van der Waals surface area contributed by atoms with E-state index in [1.165, 1.54) is 11.3 Å². The van der Waals surface area contributed by atoms with E-state index in [2.05, 4.69) is 15.6 Å². The van der Waals surface area contributed by atoms with Gasteiger partial charge in [-0.1, -0.05) is 0 Å². The van der Waals surface area contributed by atoms with Crippen molar-refractivity contribution in [2.75, 3.05) is 19.8 Å². The zero-order valence-electron chi connectivity index (χ0n) is 11.9. The molecule has 1 aliphatic heterocycles. The first-order valence-corrected chi connectivity index (χ1v) is 7.75. The number of nitrogens with zero attached hydrogens (tertiary/aromatic N) is 1. The number of nitrogens with one attached hydrogen (secondary N) is 2. The first-order chi connectivity index (χ1) is 10.3. The predicted molar refractivity (Wildman–Crippen MR) is 86.1 cm³/mol. The quantitative estimate of drug-likeness (QED) is 0.866. The fraction of sp³-hybridized carbons (Fsp3) is 0.429. The van der Waals surface area contributed by atoms with Crippen molar-refractivity contribution in [3.63, 3.8) is 0 Å². The number of halogens is 1. The molecule has 3 rings (SSSR count). The molecule has 1 amide bonds. The fourth-order valence-corrected chi connectivity index (χ4v) is 2.92. The van der Waals surface area contributed by atoms with Crippen molar-refractivity contribution in [2.24, 2.45) is 0 Å². The SMILES string of the molecule is Cl.O=C(CC1COCCN1)NCc1csc(-c2ccco2)n1. The zero-order chi connectivity index (χ0) is 14.5. The maximum Gasteiger partial charge on any atom is 0.221 e. The van der Waals surface area contributed by atoms with Crippen molar-refractivity contribution < 1.29 is 13.9 Å². The molecule has 2 aromatic heterocycles. The Morgan fingerprint density at radius 1 is 1.55 bits per heavy atom. The van der Waals surface area contributed by atoms with Gasteiger partial charge in [-0.05, 0) is 12.1 Å². The molecule has 1 aliphatic rings. The highest BCUT2D eigenvalue weighted by molar-refractivity contribution is 7.13. The van der Waals surface area contributed by atoms with E-state index in [4.69, 9.17) is 9.15 Å². The summed E-state index contributed by atoms with van der Waals surface area (Å²) < 4.78 is 10.6. The third-order valence-electron chi connectivity index (χ3n) is 3.18. The summed E-state index contributed by atoms with van der Waals surface area (Å²) in [6, 6.07) is 3.81. The molecule has 1 atom stereocenters. The minimum atomic E-state index is 0. The molecule has 8 heteroatoms. The predicted octanol–water partition coefficient (Wildman–Crippen LogP) is 1.82. The molecule has 22 heavy (non-hydrogen) atoms. The van der Waals surface area contributed by atoms with E-state index >= 15 is 0 Å². The second kappa shape index (κ2) is 8.28. The number of hydrogen-bond donors (Lipinski definition) is 2. The standard InChI is InChI=1S/C14H17N3O3S.ClH/c18-13(6-10-8-19-5-3-15-10)16-7-11-9-21-14(17-11)12-2-1-4-20-12;/h1-2,4,9-10,15H,3,5-8H2,(H,16,18);1H. The number of amides is 1. The monoisotopic (exact) mass is 343 g/mol. The summed E-state index contributed by atoms with van der Waals surface area (Å²) in [5.41, 5.74) is 0.840. The molecule has 0 aliphatic carbocycles. The largest absolute Gasteiger partial charge is 0.462 e. The Bertz CT molecular complexity index is 582. The van der Waals surface area contributed by atoms with Gasteiger partial charge in [0.2, 0.25) is 5.91 Å². The minimum absolute atomic E-state index is 0. The Labute approximate surface area is 138 Å². The van der Waals surface area contributed by atoms with Crippen molar-refractivity contribution in [1.29, 1.82) is 0 Å². The molecular weight excluding hydrogens is 326 g/mol. The Hall–Kier alpha value is -1.41. The van der Waals surface area contributed by atoms with Crippen LogP contribution < -0.4 is 10.6 Å². The highest BCUT2D eigenvalue weighted by Gasteiger charge is 2.17. The van der Waals surface area contributed by atoms with Gasteiger partial charge in [0.1, 0.15) is 0 Å². The lowest BCUT2D eigenvalue weighted by molar-refractivity contribution is -0.122. The first-order valence-electron chi connectivity index (χ1n) is 6.87. The number of ether oxygens (including phenoxy) is 1. The molecule has 2 aromatic rings. The number of aromatic nitrogens is 1. The van der Waals surface area contributed by atoms with E-state index in [1.807, 2.05) is 17.5 Å². The minimum Gasteiger partial charge on any atom is -0.462 e. The molecule has 1 fully saturated rings. The third-order valence-corrected chi connectivity index (χ3v) is 4.09. The maximum absolute atomic E-state index is 11.9. The molecule has 0 aromatic carbocycles. The van der Waals surface area contributed by atoms with Crippen LogP contribution in [0.2, 0.25) is 0 Å². The van der Waals surface area contributed by atoms with Crippen molar-refractivity contribution in [1.82, 2.24) is 15.6 Å². The number of carbonyl (C=O) groups is 1. The summed E-state index contributed by atoms with van der Waals surface area (Å²) in [7, 11) is 0. The lowest BCUT2D eigenvalue weighted by Crippen LogP contribution is -2.44. The van der Waals surface area contributed by atoms with Crippen molar-refractivity contribution in [3.8, 4) is 10.8 Å². The number of rotatable bonds is 5.